The predicted octanol–water partition coefficient (Wildman–Crippen LogP) is 2.36. The van der Waals surface area contributed by atoms with Crippen LogP contribution in [0, 0.1) is 0 Å². The minimum absolute atomic E-state index is 0.299. The van der Waals surface area contributed by atoms with Crippen LogP contribution in [0.25, 0.3) is 16.6 Å². The van der Waals surface area contributed by atoms with Crippen molar-refractivity contribution in [3.63, 3.8) is 0 Å². The number of benzene rings is 2. The zero-order chi connectivity index (χ0) is 22.1. The highest BCUT2D eigenvalue weighted by Crippen LogP contribution is 2.39. The van der Waals surface area contributed by atoms with Crippen LogP contribution in [-0.2, 0) is 11.3 Å². The van der Waals surface area contributed by atoms with E-state index in [2.05, 4.69) is 15.4 Å². The molecule has 1 N–H and O–H groups in total. The van der Waals surface area contributed by atoms with Gasteiger partial charge in [0.15, 0.2) is 17.1 Å². The van der Waals surface area contributed by atoms with Crippen molar-refractivity contribution in [1.29, 1.82) is 0 Å². The largest absolute Gasteiger partial charge is 0.493 e. The quantitative estimate of drug-likeness (QED) is 0.487. The van der Waals surface area contributed by atoms with Crippen LogP contribution in [0.5, 0.6) is 17.2 Å². The van der Waals surface area contributed by atoms with Crippen LogP contribution in [0.4, 0.5) is 5.69 Å². The molecule has 0 aliphatic heterocycles. The van der Waals surface area contributed by atoms with Crippen LogP contribution in [0.15, 0.2) is 41.5 Å². The van der Waals surface area contributed by atoms with Crippen LogP contribution in [0.2, 0.25) is 5.02 Å². The van der Waals surface area contributed by atoms with Crippen LogP contribution in [0.3, 0.4) is 0 Å². The molecule has 2 aromatic carbocycles. The van der Waals surface area contributed by atoms with E-state index >= 15 is 0 Å². The van der Waals surface area contributed by atoms with Crippen molar-refractivity contribution in [2.45, 2.75) is 6.54 Å². The number of anilines is 1. The summed E-state index contributed by atoms with van der Waals surface area (Å²) in [5, 5.41) is 8.18. The van der Waals surface area contributed by atoms with E-state index in [4.69, 9.17) is 25.8 Å². The Morgan fingerprint density at radius 2 is 1.81 bits per heavy atom. The Hall–Kier alpha value is -3.79. The molecule has 10 nitrogen and oxygen atoms in total. The molecule has 2 heterocycles. The first kappa shape index (κ1) is 20.5. The molecule has 0 bridgehead atoms. The number of methoxy groups -OCH3 is 3. The van der Waals surface area contributed by atoms with Crippen LogP contribution in [0.1, 0.15) is 0 Å². The third-order valence-electron chi connectivity index (χ3n) is 4.63. The van der Waals surface area contributed by atoms with Gasteiger partial charge in [-0.05, 0) is 18.2 Å². The van der Waals surface area contributed by atoms with Gasteiger partial charge < -0.3 is 19.5 Å². The number of ether oxygens (including phenoxy) is 3. The summed E-state index contributed by atoms with van der Waals surface area (Å²) in [6.07, 6.45) is 1.36. The average molecular weight is 444 g/mol. The molecule has 0 aliphatic rings. The SMILES string of the molecule is COc1cc(NC(=O)Cn2nc3c4ccc(Cl)cc4ncn3c2=O)cc(OC)c1OC. The molecule has 2 aromatic heterocycles. The van der Waals surface area contributed by atoms with Gasteiger partial charge in [0.2, 0.25) is 11.7 Å². The first-order valence-corrected chi connectivity index (χ1v) is 9.46. The molecular formula is C20H18ClN5O5. The second-order valence-electron chi connectivity index (χ2n) is 6.50. The number of nitrogens with zero attached hydrogens (tertiary/aromatic N) is 4. The van der Waals surface area contributed by atoms with Crippen LogP contribution in [-0.4, -0.2) is 46.4 Å². The summed E-state index contributed by atoms with van der Waals surface area (Å²) in [4.78, 5) is 29.5. The summed E-state index contributed by atoms with van der Waals surface area (Å²) in [6, 6.07) is 8.27. The van der Waals surface area contributed by atoms with Crippen LogP contribution < -0.4 is 25.2 Å². The minimum atomic E-state index is -0.487. The molecule has 0 saturated heterocycles. The van der Waals surface area contributed by atoms with Crippen LogP contribution >= 0.6 is 11.6 Å². The van der Waals surface area contributed by atoms with Crippen molar-refractivity contribution in [1.82, 2.24) is 19.2 Å². The number of carbonyl (C=O) groups excluding carboxylic acids is 1. The van der Waals surface area contributed by atoms with E-state index in [-0.39, 0.29) is 6.54 Å². The number of amides is 1. The third-order valence-corrected chi connectivity index (χ3v) is 4.86. The molecule has 0 fully saturated rings. The smallest absolute Gasteiger partial charge is 0.352 e. The van der Waals surface area contributed by atoms with E-state index in [0.29, 0.717) is 44.5 Å². The van der Waals surface area contributed by atoms with Gasteiger partial charge in [0.05, 0.1) is 26.8 Å². The fourth-order valence-electron chi connectivity index (χ4n) is 3.22. The standard InChI is InChI=1S/C20H18ClN5O5/c1-29-15-7-12(8-16(30-2)18(15)31-3)23-17(27)9-26-20(28)25-10-22-14-6-11(21)4-5-13(14)19(25)24-26/h4-8,10H,9H2,1-3H3,(H,23,27). The Labute approximate surface area is 180 Å². The number of halogens is 1. The first-order valence-electron chi connectivity index (χ1n) is 9.08. The van der Waals surface area contributed by atoms with Crippen molar-refractivity contribution in [3.8, 4) is 17.2 Å². The van der Waals surface area contributed by atoms with E-state index in [1.54, 1.807) is 30.3 Å². The van der Waals surface area contributed by atoms with E-state index in [1.807, 2.05) is 0 Å². The Balaban J connectivity index is 1.64. The lowest BCUT2D eigenvalue weighted by atomic mass is 10.2. The molecule has 0 aliphatic carbocycles. The third kappa shape index (κ3) is 3.73. The normalized spacial score (nSPS) is 11.0. The zero-order valence-electron chi connectivity index (χ0n) is 16.9. The maximum atomic E-state index is 12.7. The van der Waals surface area contributed by atoms with Crippen molar-refractivity contribution in [3.05, 3.63) is 52.2 Å². The van der Waals surface area contributed by atoms with Gasteiger partial charge in [-0.25, -0.2) is 18.9 Å². The van der Waals surface area contributed by atoms with Crippen molar-refractivity contribution < 1.29 is 19.0 Å². The number of hydrogen-bond acceptors (Lipinski definition) is 7. The van der Waals surface area contributed by atoms with E-state index in [0.717, 1.165) is 4.68 Å². The minimum Gasteiger partial charge on any atom is -0.493 e. The van der Waals surface area contributed by atoms with Crippen molar-refractivity contribution in [2.75, 3.05) is 26.6 Å². The average Bonchev–Trinajstić information content (AvgIpc) is 3.08. The predicted molar refractivity (Wildman–Crippen MR) is 114 cm³/mol. The van der Waals surface area contributed by atoms with Gasteiger partial charge in [0.1, 0.15) is 12.9 Å². The lowest BCUT2D eigenvalue weighted by Crippen LogP contribution is -2.28. The molecule has 31 heavy (non-hydrogen) atoms. The molecule has 0 unspecified atom stereocenters. The molecule has 4 aromatic rings. The highest BCUT2D eigenvalue weighted by Gasteiger charge is 2.17. The fourth-order valence-corrected chi connectivity index (χ4v) is 3.39. The summed E-state index contributed by atoms with van der Waals surface area (Å²) in [5.41, 5.74) is 0.906. The highest BCUT2D eigenvalue weighted by atomic mass is 35.5. The molecule has 160 valence electrons. The first-order chi connectivity index (χ1) is 14.9. The molecule has 0 atom stereocenters. The Kier molecular flexibility index (Phi) is 5.38. The Morgan fingerprint density at radius 3 is 2.45 bits per heavy atom. The number of carbonyl (C=O) groups is 1. The molecule has 4 rings (SSSR count). The van der Waals surface area contributed by atoms with E-state index in [1.165, 1.54) is 32.1 Å². The fraction of sp³-hybridized carbons (Fsp3) is 0.200. The summed E-state index contributed by atoms with van der Waals surface area (Å²) < 4.78 is 18.2. The van der Waals surface area contributed by atoms with E-state index < -0.39 is 11.6 Å². The number of hydrogen-bond donors (Lipinski definition) is 1. The lowest BCUT2D eigenvalue weighted by Gasteiger charge is -2.14. The van der Waals surface area contributed by atoms with Gasteiger partial charge >= 0.3 is 5.69 Å². The molecule has 1 amide bonds. The molecule has 0 spiro atoms. The van der Waals surface area contributed by atoms with Gasteiger partial charge in [-0.1, -0.05) is 11.6 Å². The summed E-state index contributed by atoms with van der Waals surface area (Å²) >= 11 is 6.00. The topological polar surface area (TPSA) is 109 Å². The second-order valence-corrected chi connectivity index (χ2v) is 6.94. The van der Waals surface area contributed by atoms with Crippen molar-refractivity contribution >= 4 is 39.7 Å². The Bertz CT molecular complexity index is 1340. The van der Waals surface area contributed by atoms with Crippen molar-refractivity contribution in [2.24, 2.45) is 0 Å². The number of fused-ring (bicyclic) bond motifs is 3. The molecule has 0 saturated carbocycles. The second kappa shape index (κ2) is 8.15. The number of aromatic nitrogens is 4. The molecule has 0 radical (unpaired) electrons. The Morgan fingerprint density at radius 1 is 1.10 bits per heavy atom. The van der Waals surface area contributed by atoms with Gasteiger partial charge in [-0.2, -0.15) is 0 Å². The number of rotatable bonds is 6. The van der Waals surface area contributed by atoms with Gasteiger partial charge in [-0.3, -0.25) is 4.79 Å². The summed E-state index contributed by atoms with van der Waals surface area (Å²) in [6.45, 7) is -0.299. The van der Waals surface area contributed by atoms with Gasteiger partial charge in [-0.15, -0.1) is 5.10 Å². The maximum absolute atomic E-state index is 12.7. The lowest BCUT2D eigenvalue weighted by molar-refractivity contribution is -0.117. The maximum Gasteiger partial charge on any atom is 0.352 e. The van der Waals surface area contributed by atoms with Gasteiger partial charge in [0.25, 0.3) is 0 Å². The highest BCUT2D eigenvalue weighted by molar-refractivity contribution is 6.31. The molecular weight excluding hydrogens is 426 g/mol. The van der Waals surface area contributed by atoms with E-state index in [9.17, 15) is 9.59 Å². The monoisotopic (exact) mass is 443 g/mol. The molecule has 11 heteroatoms. The zero-order valence-corrected chi connectivity index (χ0v) is 17.6. The summed E-state index contributed by atoms with van der Waals surface area (Å²) in [5.74, 6) is 0.718. The number of nitrogens with one attached hydrogen (secondary N) is 1. The van der Waals surface area contributed by atoms with Gasteiger partial charge in [0, 0.05) is 28.2 Å². The summed E-state index contributed by atoms with van der Waals surface area (Å²) in [7, 11) is 4.44.